The molecule has 2 aliphatic carbocycles. The standard InChI is InChI=1S/C17H21BrO2/c1-9-8-13(18)10(2)14(17(9)20-3)16(19)15-11-6-4-5-7-12(11)15/h8,11-12,15H,4-7H2,1-3H3. The number of ether oxygens (including phenoxy) is 1. The highest BCUT2D eigenvalue weighted by atomic mass is 79.9. The van der Waals surface area contributed by atoms with Gasteiger partial charge in [0.25, 0.3) is 0 Å². The Balaban J connectivity index is 1.99. The number of hydrogen-bond donors (Lipinski definition) is 0. The van der Waals surface area contributed by atoms with Gasteiger partial charge in [-0.15, -0.1) is 0 Å². The van der Waals surface area contributed by atoms with Crippen LogP contribution in [0, 0.1) is 31.6 Å². The first-order chi connectivity index (χ1) is 9.56. The highest BCUT2D eigenvalue weighted by Crippen LogP contribution is 2.57. The van der Waals surface area contributed by atoms with Crippen LogP contribution >= 0.6 is 15.9 Å². The minimum absolute atomic E-state index is 0.249. The van der Waals surface area contributed by atoms with Crippen molar-refractivity contribution in [2.75, 3.05) is 7.11 Å². The van der Waals surface area contributed by atoms with Crippen LogP contribution in [0.2, 0.25) is 0 Å². The van der Waals surface area contributed by atoms with Gasteiger partial charge in [0.2, 0.25) is 0 Å². The van der Waals surface area contributed by atoms with Crippen molar-refractivity contribution in [3.05, 3.63) is 27.2 Å². The van der Waals surface area contributed by atoms with Crippen molar-refractivity contribution in [2.45, 2.75) is 39.5 Å². The topological polar surface area (TPSA) is 26.3 Å². The first kappa shape index (κ1) is 14.1. The first-order valence-corrected chi connectivity index (χ1v) is 8.23. The average Bonchev–Trinajstić information content (AvgIpc) is 3.16. The molecule has 3 heteroatoms. The van der Waals surface area contributed by atoms with E-state index < -0.39 is 0 Å². The quantitative estimate of drug-likeness (QED) is 0.748. The van der Waals surface area contributed by atoms with Crippen LogP contribution in [0.3, 0.4) is 0 Å². The smallest absolute Gasteiger partial charge is 0.170 e. The van der Waals surface area contributed by atoms with Gasteiger partial charge in [0.05, 0.1) is 12.7 Å². The summed E-state index contributed by atoms with van der Waals surface area (Å²) in [6.45, 7) is 4.01. The van der Waals surface area contributed by atoms with Gasteiger partial charge in [-0.1, -0.05) is 28.8 Å². The molecule has 2 nitrogen and oxygen atoms in total. The fourth-order valence-electron chi connectivity index (χ4n) is 3.96. The fourth-order valence-corrected chi connectivity index (χ4v) is 4.50. The summed E-state index contributed by atoms with van der Waals surface area (Å²) in [5.74, 6) is 2.60. The van der Waals surface area contributed by atoms with Crippen molar-refractivity contribution in [3.8, 4) is 5.75 Å². The second kappa shape index (κ2) is 5.18. The normalized spacial score (nSPS) is 27.9. The number of fused-ring (bicyclic) bond motifs is 1. The maximum Gasteiger partial charge on any atom is 0.170 e. The molecule has 0 radical (unpaired) electrons. The van der Waals surface area contributed by atoms with Gasteiger partial charge in [-0.25, -0.2) is 0 Å². The van der Waals surface area contributed by atoms with Crippen LogP contribution in [0.25, 0.3) is 0 Å². The van der Waals surface area contributed by atoms with E-state index in [0.717, 1.165) is 26.9 Å². The highest BCUT2D eigenvalue weighted by Gasteiger charge is 2.55. The molecule has 2 unspecified atom stereocenters. The van der Waals surface area contributed by atoms with E-state index in [4.69, 9.17) is 4.74 Å². The zero-order valence-electron chi connectivity index (χ0n) is 12.3. The third kappa shape index (κ3) is 2.11. The van der Waals surface area contributed by atoms with Crippen LogP contribution in [0.15, 0.2) is 10.5 Å². The summed E-state index contributed by atoms with van der Waals surface area (Å²) in [5, 5.41) is 0. The van der Waals surface area contributed by atoms with E-state index in [-0.39, 0.29) is 5.92 Å². The van der Waals surface area contributed by atoms with Crippen LogP contribution in [0.5, 0.6) is 5.75 Å². The van der Waals surface area contributed by atoms with E-state index >= 15 is 0 Å². The van der Waals surface area contributed by atoms with Gasteiger partial charge in [0.15, 0.2) is 5.78 Å². The second-order valence-electron chi connectivity index (χ2n) is 6.21. The Morgan fingerprint density at radius 1 is 1.25 bits per heavy atom. The number of hydrogen-bond acceptors (Lipinski definition) is 2. The lowest BCUT2D eigenvalue weighted by Crippen LogP contribution is -2.10. The molecular weight excluding hydrogens is 316 g/mol. The van der Waals surface area contributed by atoms with Crippen molar-refractivity contribution in [1.82, 2.24) is 0 Å². The van der Waals surface area contributed by atoms with E-state index in [2.05, 4.69) is 15.9 Å². The van der Waals surface area contributed by atoms with Crippen LogP contribution in [0.1, 0.15) is 47.2 Å². The number of benzene rings is 1. The maximum atomic E-state index is 13.0. The maximum absolute atomic E-state index is 13.0. The summed E-state index contributed by atoms with van der Waals surface area (Å²) in [6, 6.07) is 2.03. The lowest BCUT2D eigenvalue weighted by atomic mass is 9.96. The Morgan fingerprint density at radius 2 is 1.85 bits per heavy atom. The largest absolute Gasteiger partial charge is 0.496 e. The van der Waals surface area contributed by atoms with Crippen LogP contribution in [-0.2, 0) is 0 Å². The molecule has 1 aromatic rings. The molecule has 1 aromatic carbocycles. The Bertz CT molecular complexity index is 553. The number of aryl methyl sites for hydroxylation is 1. The molecule has 2 fully saturated rings. The lowest BCUT2D eigenvalue weighted by molar-refractivity contribution is 0.0952. The van der Waals surface area contributed by atoms with Crippen molar-refractivity contribution in [3.63, 3.8) is 0 Å². The number of halogens is 1. The molecule has 0 aromatic heterocycles. The zero-order valence-corrected chi connectivity index (χ0v) is 13.9. The minimum Gasteiger partial charge on any atom is -0.496 e. The van der Waals surface area contributed by atoms with Crippen LogP contribution in [-0.4, -0.2) is 12.9 Å². The SMILES string of the molecule is COc1c(C)cc(Br)c(C)c1C(=O)C1C2CCCCC21. The number of ketones is 1. The van der Waals surface area contributed by atoms with Crippen LogP contribution < -0.4 is 4.74 Å². The number of carbonyl (C=O) groups is 1. The molecule has 108 valence electrons. The molecule has 2 atom stereocenters. The van der Waals surface area contributed by atoms with Crippen LogP contribution in [0.4, 0.5) is 0 Å². The van der Waals surface area contributed by atoms with E-state index in [1.54, 1.807) is 7.11 Å². The molecule has 0 bridgehead atoms. The molecule has 2 saturated carbocycles. The predicted molar refractivity (Wildman–Crippen MR) is 83.4 cm³/mol. The summed E-state index contributed by atoms with van der Waals surface area (Å²) in [6.07, 6.45) is 5.04. The summed E-state index contributed by atoms with van der Waals surface area (Å²) in [7, 11) is 1.66. The van der Waals surface area contributed by atoms with Gasteiger partial charge in [-0.3, -0.25) is 4.79 Å². The van der Waals surface area contributed by atoms with E-state index in [9.17, 15) is 4.79 Å². The van der Waals surface area contributed by atoms with Gasteiger partial charge < -0.3 is 4.74 Å². The molecule has 0 spiro atoms. The van der Waals surface area contributed by atoms with E-state index in [0.29, 0.717) is 17.6 Å². The Morgan fingerprint density at radius 3 is 2.40 bits per heavy atom. The molecule has 0 N–H and O–H groups in total. The number of carbonyl (C=O) groups excluding carboxylic acids is 1. The Labute approximate surface area is 129 Å². The van der Waals surface area contributed by atoms with E-state index in [1.807, 2.05) is 19.9 Å². The minimum atomic E-state index is 0.249. The van der Waals surface area contributed by atoms with Crippen molar-refractivity contribution in [1.29, 1.82) is 0 Å². The molecule has 3 rings (SSSR count). The number of rotatable bonds is 3. The monoisotopic (exact) mass is 336 g/mol. The van der Waals surface area contributed by atoms with Gasteiger partial charge in [0, 0.05) is 10.4 Å². The Kier molecular flexibility index (Phi) is 3.65. The van der Waals surface area contributed by atoms with Gasteiger partial charge >= 0.3 is 0 Å². The molecule has 0 amide bonds. The number of methoxy groups -OCH3 is 1. The molecule has 0 aliphatic heterocycles. The highest BCUT2D eigenvalue weighted by molar-refractivity contribution is 9.10. The third-order valence-electron chi connectivity index (χ3n) is 5.07. The lowest BCUT2D eigenvalue weighted by Gasteiger charge is -2.15. The van der Waals surface area contributed by atoms with Crippen molar-refractivity contribution in [2.24, 2.45) is 17.8 Å². The van der Waals surface area contributed by atoms with Gasteiger partial charge in [0.1, 0.15) is 5.75 Å². The zero-order chi connectivity index (χ0) is 14.4. The van der Waals surface area contributed by atoms with Crippen molar-refractivity contribution >= 4 is 21.7 Å². The second-order valence-corrected chi connectivity index (χ2v) is 7.07. The predicted octanol–water partition coefficient (Wildman–Crippen LogP) is 4.69. The fraction of sp³-hybridized carbons (Fsp3) is 0.588. The third-order valence-corrected chi connectivity index (χ3v) is 5.90. The summed E-state index contributed by atoms with van der Waals surface area (Å²) in [5.41, 5.74) is 2.84. The molecule has 0 heterocycles. The van der Waals surface area contributed by atoms with Gasteiger partial charge in [-0.2, -0.15) is 0 Å². The summed E-state index contributed by atoms with van der Waals surface area (Å²) in [4.78, 5) is 13.0. The molecule has 0 saturated heterocycles. The van der Waals surface area contributed by atoms with Gasteiger partial charge in [-0.05, 0) is 55.7 Å². The summed E-state index contributed by atoms with van der Waals surface area (Å²) >= 11 is 3.57. The van der Waals surface area contributed by atoms with Crippen molar-refractivity contribution < 1.29 is 9.53 Å². The number of Topliss-reactive ketones (excluding diaryl/α,β-unsaturated/α-hetero) is 1. The first-order valence-electron chi connectivity index (χ1n) is 7.44. The molecular formula is C17H21BrO2. The van der Waals surface area contributed by atoms with E-state index in [1.165, 1.54) is 25.7 Å². The average molecular weight is 337 g/mol. The molecule has 2 aliphatic rings. The Hall–Kier alpha value is -0.830. The molecule has 20 heavy (non-hydrogen) atoms. The summed E-state index contributed by atoms with van der Waals surface area (Å²) < 4.78 is 6.53.